The molecule has 1 rings (SSSR count). The van der Waals surface area contributed by atoms with E-state index in [1.54, 1.807) is 0 Å². The number of hydrogen-bond acceptors (Lipinski definition) is 7. The lowest BCUT2D eigenvalue weighted by molar-refractivity contribution is 0.0995. The average molecular weight is 325 g/mol. The number of nitrogens with two attached hydrogens (primary N) is 1. The lowest BCUT2D eigenvalue weighted by atomic mass is 10.1. The maximum Gasteiger partial charge on any atom is 0.267 e. The van der Waals surface area contributed by atoms with Crippen LogP contribution in [-0.2, 0) is 0 Å². The highest BCUT2D eigenvalue weighted by atomic mass is 16.3. The molecule has 1 aromatic rings. The van der Waals surface area contributed by atoms with Crippen LogP contribution in [0, 0.1) is 11.8 Å². The molecule has 0 aliphatic heterocycles. The summed E-state index contributed by atoms with van der Waals surface area (Å²) in [5.74, 6) is 0.248. The molecule has 0 aliphatic carbocycles. The molecule has 0 fully saturated rings. The molecule has 1 amide bonds. The quantitative estimate of drug-likeness (QED) is 0.444. The van der Waals surface area contributed by atoms with E-state index in [0.29, 0.717) is 5.82 Å². The number of nitrogens with zero attached hydrogens (tertiary/aromatic N) is 2. The number of nitrogens with one attached hydrogen (secondary N) is 2. The first kappa shape index (κ1) is 19.1. The molecule has 0 saturated heterocycles. The number of carbonyl (C=O) groups excluding carboxylic acids is 1. The van der Waals surface area contributed by atoms with Crippen LogP contribution in [0.25, 0.3) is 0 Å². The van der Waals surface area contributed by atoms with Crippen LogP contribution in [0.2, 0.25) is 0 Å². The van der Waals surface area contributed by atoms with E-state index in [2.05, 4.69) is 20.6 Å². The van der Waals surface area contributed by atoms with Crippen LogP contribution in [-0.4, -0.2) is 51.4 Å². The molecule has 0 spiro atoms. The fourth-order valence-corrected chi connectivity index (χ4v) is 1.91. The smallest absolute Gasteiger partial charge is 0.267 e. The van der Waals surface area contributed by atoms with Gasteiger partial charge in [0.05, 0.1) is 25.3 Å². The van der Waals surface area contributed by atoms with E-state index >= 15 is 0 Å². The van der Waals surface area contributed by atoms with Crippen molar-refractivity contribution >= 4 is 17.7 Å². The number of aliphatic hydroxyl groups is 2. The van der Waals surface area contributed by atoms with Crippen molar-refractivity contribution in [3.8, 4) is 0 Å². The van der Waals surface area contributed by atoms with Crippen molar-refractivity contribution in [1.82, 2.24) is 9.97 Å². The number of amides is 1. The van der Waals surface area contributed by atoms with Crippen LogP contribution >= 0.6 is 0 Å². The summed E-state index contributed by atoms with van der Waals surface area (Å²) in [6.45, 7) is 7.67. The first-order chi connectivity index (χ1) is 10.8. The summed E-state index contributed by atoms with van der Waals surface area (Å²) in [5, 5.41) is 24.9. The first-order valence-corrected chi connectivity index (χ1v) is 7.72. The fraction of sp³-hybridized carbons (Fsp3) is 0.667. The minimum Gasteiger partial charge on any atom is -0.394 e. The summed E-state index contributed by atoms with van der Waals surface area (Å²) < 4.78 is 0. The number of hydrogen-bond donors (Lipinski definition) is 5. The maximum atomic E-state index is 11.5. The van der Waals surface area contributed by atoms with Gasteiger partial charge in [-0.3, -0.25) is 4.79 Å². The van der Waals surface area contributed by atoms with Gasteiger partial charge in [0, 0.05) is 6.07 Å². The molecule has 1 aromatic heterocycles. The van der Waals surface area contributed by atoms with Gasteiger partial charge in [-0.05, 0) is 11.8 Å². The van der Waals surface area contributed by atoms with E-state index in [1.165, 1.54) is 6.07 Å². The van der Waals surface area contributed by atoms with E-state index in [0.717, 1.165) is 0 Å². The molecular weight excluding hydrogens is 298 g/mol. The molecule has 130 valence electrons. The van der Waals surface area contributed by atoms with Crippen molar-refractivity contribution in [3.05, 3.63) is 11.8 Å². The van der Waals surface area contributed by atoms with Gasteiger partial charge in [-0.15, -0.1) is 0 Å². The summed E-state index contributed by atoms with van der Waals surface area (Å²) in [6, 6.07) is 0.990. The number of anilines is 2. The zero-order chi connectivity index (χ0) is 17.6. The number of aromatic nitrogens is 2. The van der Waals surface area contributed by atoms with Crippen molar-refractivity contribution in [1.29, 1.82) is 0 Å². The third kappa shape index (κ3) is 5.65. The topological polar surface area (TPSA) is 133 Å². The van der Waals surface area contributed by atoms with Gasteiger partial charge in [-0.1, -0.05) is 27.7 Å². The third-order valence-electron chi connectivity index (χ3n) is 3.63. The molecule has 0 saturated carbocycles. The van der Waals surface area contributed by atoms with E-state index in [1.807, 2.05) is 27.7 Å². The summed E-state index contributed by atoms with van der Waals surface area (Å²) in [4.78, 5) is 19.8. The normalized spacial score (nSPS) is 13.9. The van der Waals surface area contributed by atoms with Gasteiger partial charge in [0.15, 0.2) is 0 Å². The molecule has 23 heavy (non-hydrogen) atoms. The zero-order valence-corrected chi connectivity index (χ0v) is 14.1. The molecule has 0 aromatic carbocycles. The monoisotopic (exact) mass is 325 g/mol. The molecule has 0 aliphatic rings. The molecule has 8 heteroatoms. The van der Waals surface area contributed by atoms with Crippen molar-refractivity contribution in [2.24, 2.45) is 17.6 Å². The van der Waals surface area contributed by atoms with Crippen LogP contribution in [0.1, 0.15) is 38.2 Å². The Hall–Kier alpha value is -1.93. The van der Waals surface area contributed by atoms with Crippen molar-refractivity contribution < 1.29 is 15.0 Å². The van der Waals surface area contributed by atoms with Gasteiger partial charge in [-0.25, -0.2) is 4.98 Å². The summed E-state index contributed by atoms with van der Waals surface area (Å²) in [5.41, 5.74) is 5.38. The Morgan fingerprint density at radius 3 is 2.04 bits per heavy atom. The van der Waals surface area contributed by atoms with Crippen LogP contribution < -0.4 is 16.4 Å². The molecule has 0 radical (unpaired) electrons. The molecule has 0 bridgehead atoms. The van der Waals surface area contributed by atoms with Crippen LogP contribution in [0.15, 0.2) is 6.07 Å². The zero-order valence-electron chi connectivity index (χ0n) is 14.1. The Labute approximate surface area is 136 Å². The molecule has 2 atom stereocenters. The highest BCUT2D eigenvalue weighted by Gasteiger charge is 2.18. The number of carbonyl (C=O) groups is 1. The summed E-state index contributed by atoms with van der Waals surface area (Å²) in [6.07, 6.45) is 0. The molecular formula is C15H27N5O3. The Morgan fingerprint density at radius 1 is 1.09 bits per heavy atom. The number of rotatable bonds is 9. The molecule has 0 unspecified atom stereocenters. The third-order valence-corrected chi connectivity index (χ3v) is 3.63. The van der Waals surface area contributed by atoms with Gasteiger partial charge in [0.2, 0.25) is 5.95 Å². The van der Waals surface area contributed by atoms with E-state index < -0.39 is 5.91 Å². The van der Waals surface area contributed by atoms with E-state index in [9.17, 15) is 15.0 Å². The molecule has 1 heterocycles. The minimum atomic E-state index is -0.673. The Kier molecular flexibility index (Phi) is 7.18. The van der Waals surface area contributed by atoms with Crippen molar-refractivity contribution in [2.45, 2.75) is 39.8 Å². The minimum absolute atomic E-state index is 0.0610. The van der Waals surface area contributed by atoms with Gasteiger partial charge < -0.3 is 26.6 Å². The van der Waals surface area contributed by atoms with Gasteiger partial charge in [0.1, 0.15) is 11.5 Å². The van der Waals surface area contributed by atoms with Crippen LogP contribution in [0.5, 0.6) is 0 Å². The SMILES string of the molecule is CC(C)[C@@H](CO)Nc1cc(C(N)=O)nc(N[C@H](CO)C(C)C)n1. The Morgan fingerprint density at radius 2 is 1.61 bits per heavy atom. The summed E-state index contributed by atoms with van der Waals surface area (Å²) in [7, 11) is 0. The number of aliphatic hydroxyl groups excluding tert-OH is 2. The highest BCUT2D eigenvalue weighted by Crippen LogP contribution is 2.16. The molecule has 8 nitrogen and oxygen atoms in total. The molecule has 6 N–H and O–H groups in total. The van der Waals surface area contributed by atoms with Crippen molar-refractivity contribution in [3.63, 3.8) is 0 Å². The maximum absolute atomic E-state index is 11.5. The predicted octanol–water partition coefficient (Wildman–Crippen LogP) is 0.433. The van der Waals surface area contributed by atoms with Crippen LogP contribution in [0.3, 0.4) is 0 Å². The first-order valence-electron chi connectivity index (χ1n) is 7.72. The standard InChI is InChI=1S/C15H27N5O3/c1-8(2)11(6-21)17-13-5-10(14(16)23)18-15(20-13)19-12(7-22)9(3)4/h5,8-9,11-12,21-22H,6-7H2,1-4H3,(H2,16,23)(H2,17,18,19,20)/t11-,12-/m1/s1. The second-order valence-corrected chi connectivity index (χ2v) is 6.18. The predicted molar refractivity (Wildman–Crippen MR) is 89.2 cm³/mol. The summed E-state index contributed by atoms with van der Waals surface area (Å²) >= 11 is 0. The fourth-order valence-electron chi connectivity index (χ4n) is 1.91. The Bertz CT molecular complexity index is 486. The lowest BCUT2D eigenvalue weighted by Crippen LogP contribution is -2.32. The Balaban J connectivity index is 3.09. The van der Waals surface area contributed by atoms with Crippen molar-refractivity contribution in [2.75, 3.05) is 23.8 Å². The van der Waals surface area contributed by atoms with Gasteiger partial charge in [-0.2, -0.15) is 4.98 Å². The average Bonchev–Trinajstić information content (AvgIpc) is 2.49. The van der Waals surface area contributed by atoms with E-state index in [4.69, 9.17) is 5.73 Å². The highest BCUT2D eigenvalue weighted by molar-refractivity contribution is 5.91. The largest absolute Gasteiger partial charge is 0.394 e. The second-order valence-electron chi connectivity index (χ2n) is 6.18. The van der Waals surface area contributed by atoms with Crippen LogP contribution in [0.4, 0.5) is 11.8 Å². The lowest BCUT2D eigenvalue weighted by Gasteiger charge is -2.23. The second kappa shape index (κ2) is 8.64. The van der Waals surface area contributed by atoms with E-state index in [-0.39, 0.29) is 48.8 Å². The van der Waals surface area contributed by atoms with Gasteiger partial charge in [0.25, 0.3) is 5.91 Å². The number of primary amides is 1. The van der Waals surface area contributed by atoms with Gasteiger partial charge >= 0.3 is 0 Å².